The minimum atomic E-state index is -2.86. The van der Waals surface area contributed by atoms with E-state index in [0.717, 1.165) is 34.8 Å². The third kappa shape index (κ3) is 4.16. The molecule has 0 heterocycles. The third-order valence-corrected chi connectivity index (χ3v) is 3.95. The molecule has 0 unspecified atom stereocenters. The van der Waals surface area contributed by atoms with Crippen molar-refractivity contribution < 1.29 is 8.78 Å². The molecule has 0 saturated carbocycles. The molecule has 1 nitrogen and oxygen atoms in total. The van der Waals surface area contributed by atoms with Crippen LogP contribution in [-0.2, 0) is 5.92 Å². The van der Waals surface area contributed by atoms with Crippen molar-refractivity contribution in [1.82, 2.24) is 5.32 Å². The molecule has 0 atom stereocenters. The lowest BCUT2D eigenvalue weighted by atomic mass is 9.94. The summed E-state index contributed by atoms with van der Waals surface area (Å²) >= 11 is 0. The molecular formula is C22H21F2N. The molecule has 25 heavy (non-hydrogen) atoms. The lowest BCUT2D eigenvalue weighted by Crippen LogP contribution is -2.07. The highest BCUT2D eigenvalue weighted by molar-refractivity contribution is 5.83. The maximum absolute atomic E-state index is 13.5. The van der Waals surface area contributed by atoms with E-state index in [9.17, 15) is 8.78 Å². The Bertz CT molecular complexity index is 847. The molecule has 0 radical (unpaired) electrons. The molecule has 128 valence electrons. The van der Waals surface area contributed by atoms with Gasteiger partial charge in [-0.15, -0.1) is 6.42 Å². The van der Waals surface area contributed by atoms with Gasteiger partial charge in [-0.2, -0.15) is 0 Å². The fourth-order valence-electron chi connectivity index (χ4n) is 2.67. The third-order valence-electron chi connectivity index (χ3n) is 3.95. The van der Waals surface area contributed by atoms with Crippen LogP contribution in [0.3, 0.4) is 0 Å². The van der Waals surface area contributed by atoms with Gasteiger partial charge in [-0.1, -0.05) is 55.0 Å². The van der Waals surface area contributed by atoms with Crippen LogP contribution in [0.15, 0.2) is 66.4 Å². The van der Waals surface area contributed by atoms with Gasteiger partial charge in [0.15, 0.2) is 0 Å². The van der Waals surface area contributed by atoms with Crippen molar-refractivity contribution in [3.05, 3.63) is 77.5 Å². The molecule has 2 aromatic carbocycles. The monoisotopic (exact) mass is 337 g/mol. The van der Waals surface area contributed by atoms with Crippen molar-refractivity contribution in [2.24, 2.45) is 0 Å². The molecular weight excluding hydrogens is 316 g/mol. The predicted molar refractivity (Wildman–Crippen MR) is 101 cm³/mol. The van der Waals surface area contributed by atoms with Crippen LogP contribution >= 0.6 is 0 Å². The summed E-state index contributed by atoms with van der Waals surface area (Å²) in [6.07, 6.45) is 5.56. The Balaban J connectivity index is 2.46. The Morgan fingerprint density at radius 3 is 2.24 bits per heavy atom. The van der Waals surface area contributed by atoms with E-state index in [-0.39, 0.29) is 5.56 Å². The van der Waals surface area contributed by atoms with Gasteiger partial charge in [0.05, 0.1) is 5.70 Å². The van der Waals surface area contributed by atoms with Gasteiger partial charge in [0.25, 0.3) is 5.92 Å². The van der Waals surface area contributed by atoms with E-state index in [4.69, 9.17) is 6.42 Å². The fraction of sp³-hybridized carbons (Fsp3) is 0.182. The van der Waals surface area contributed by atoms with Crippen LogP contribution in [0, 0.1) is 12.3 Å². The van der Waals surface area contributed by atoms with Gasteiger partial charge in [-0.25, -0.2) is 8.78 Å². The average molecular weight is 337 g/mol. The highest BCUT2D eigenvalue weighted by Gasteiger charge is 2.24. The Morgan fingerprint density at radius 1 is 1.12 bits per heavy atom. The van der Waals surface area contributed by atoms with E-state index in [1.54, 1.807) is 13.1 Å². The molecule has 2 aromatic rings. The van der Waals surface area contributed by atoms with Gasteiger partial charge in [0, 0.05) is 25.1 Å². The summed E-state index contributed by atoms with van der Waals surface area (Å²) in [5.74, 6) is -0.234. The Labute approximate surface area is 148 Å². The van der Waals surface area contributed by atoms with Gasteiger partial charge in [0.2, 0.25) is 0 Å². The van der Waals surface area contributed by atoms with Crippen molar-refractivity contribution in [2.75, 3.05) is 7.05 Å². The number of benzene rings is 2. The smallest absolute Gasteiger partial charge is 0.270 e. The van der Waals surface area contributed by atoms with Gasteiger partial charge < -0.3 is 5.32 Å². The fourth-order valence-corrected chi connectivity index (χ4v) is 2.67. The van der Waals surface area contributed by atoms with Crippen molar-refractivity contribution in [3.8, 4) is 23.5 Å². The molecule has 0 aliphatic heterocycles. The number of hydrogen-bond donors (Lipinski definition) is 1. The van der Waals surface area contributed by atoms with E-state index in [0.29, 0.717) is 5.70 Å². The van der Waals surface area contributed by atoms with Gasteiger partial charge in [0.1, 0.15) is 0 Å². The molecule has 0 spiro atoms. The minimum Gasteiger partial charge on any atom is -0.381 e. The SMILES string of the molecule is C#C/C(NC)=C(/C(=C)C)c1ccc(-c2cccc(C(C)(F)F)c2)cc1. The summed E-state index contributed by atoms with van der Waals surface area (Å²) in [6.45, 7) is 6.79. The zero-order chi connectivity index (χ0) is 18.6. The van der Waals surface area contributed by atoms with Crippen LogP contribution in [0.4, 0.5) is 8.78 Å². The van der Waals surface area contributed by atoms with Crippen molar-refractivity contribution in [3.63, 3.8) is 0 Å². The van der Waals surface area contributed by atoms with Crippen molar-refractivity contribution in [2.45, 2.75) is 19.8 Å². The molecule has 2 rings (SSSR count). The second-order valence-corrected chi connectivity index (χ2v) is 5.97. The predicted octanol–water partition coefficient (Wildman–Crippen LogP) is 5.61. The van der Waals surface area contributed by atoms with Crippen molar-refractivity contribution in [1.29, 1.82) is 0 Å². The zero-order valence-electron chi connectivity index (χ0n) is 14.7. The van der Waals surface area contributed by atoms with Crippen LogP contribution in [0.25, 0.3) is 16.7 Å². The first-order chi connectivity index (χ1) is 11.8. The Hall–Kier alpha value is -2.86. The number of rotatable bonds is 5. The van der Waals surface area contributed by atoms with Crippen molar-refractivity contribution >= 4 is 5.57 Å². The lowest BCUT2D eigenvalue weighted by Gasteiger charge is -2.14. The lowest BCUT2D eigenvalue weighted by molar-refractivity contribution is 0.0175. The number of hydrogen-bond acceptors (Lipinski definition) is 1. The van der Waals surface area contributed by atoms with Gasteiger partial charge >= 0.3 is 0 Å². The molecule has 0 amide bonds. The van der Waals surface area contributed by atoms with E-state index < -0.39 is 5.92 Å². The first kappa shape index (κ1) is 18.5. The van der Waals surface area contributed by atoms with Crippen LogP contribution in [-0.4, -0.2) is 7.05 Å². The van der Waals surface area contributed by atoms with E-state index in [2.05, 4.69) is 17.8 Å². The average Bonchev–Trinajstić information content (AvgIpc) is 2.59. The second-order valence-electron chi connectivity index (χ2n) is 5.97. The summed E-state index contributed by atoms with van der Waals surface area (Å²) in [7, 11) is 1.77. The highest BCUT2D eigenvalue weighted by atomic mass is 19.3. The largest absolute Gasteiger partial charge is 0.381 e. The molecule has 1 N–H and O–H groups in total. The zero-order valence-corrected chi connectivity index (χ0v) is 14.7. The van der Waals surface area contributed by atoms with E-state index >= 15 is 0 Å². The van der Waals surface area contributed by atoms with Crippen LogP contribution in [0.5, 0.6) is 0 Å². The normalized spacial score (nSPS) is 12.2. The number of halogens is 2. The quantitative estimate of drug-likeness (QED) is 0.553. The summed E-state index contributed by atoms with van der Waals surface area (Å²) in [4.78, 5) is 0. The molecule has 0 saturated heterocycles. The summed E-state index contributed by atoms with van der Waals surface area (Å²) in [5, 5.41) is 3.00. The molecule has 0 fully saturated rings. The maximum Gasteiger partial charge on any atom is 0.270 e. The molecule has 0 aliphatic carbocycles. The first-order valence-corrected chi connectivity index (χ1v) is 7.91. The van der Waals surface area contributed by atoms with E-state index in [1.807, 2.05) is 37.3 Å². The Morgan fingerprint density at radius 2 is 1.76 bits per heavy atom. The first-order valence-electron chi connectivity index (χ1n) is 7.91. The van der Waals surface area contributed by atoms with E-state index in [1.165, 1.54) is 12.1 Å². The minimum absolute atomic E-state index is 0.00129. The molecule has 0 aromatic heterocycles. The topological polar surface area (TPSA) is 12.0 Å². The van der Waals surface area contributed by atoms with Gasteiger partial charge in [-0.3, -0.25) is 0 Å². The van der Waals surface area contributed by atoms with Crippen LogP contribution in [0.1, 0.15) is 25.0 Å². The summed E-state index contributed by atoms with van der Waals surface area (Å²) < 4.78 is 27.1. The van der Waals surface area contributed by atoms with Crippen LogP contribution < -0.4 is 5.32 Å². The standard InChI is InChI=1S/C22H21F2N/c1-6-20(25-5)21(15(2)3)17-12-10-16(11-13-17)18-8-7-9-19(14-18)22(4,23)24/h1,7-14,25H,2H2,3-5H3/b21-20+. The summed E-state index contributed by atoms with van der Waals surface area (Å²) in [5.41, 5.74) is 4.91. The number of nitrogens with one attached hydrogen (secondary N) is 1. The molecule has 3 heteroatoms. The number of terminal acetylenes is 1. The second kappa shape index (κ2) is 7.36. The summed E-state index contributed by atoms with van der Waals surface area (Å²) in [6, 6.07) is 14.1. The molecule has 0 bridgehead atoms. The maximum atomic E-state index is 13.5. The number of allylic oxidation sites excluding steroid dienone is 3. The number of alkyl halides is 2. The molecule has 0 aliphatic rings. The van der Waals surface area contributed by atoms with Crippen LogP contribution in [0.2, 0.25) is 0 Å². The Kier molecular flexibility index (Phi) is 5.44. The highest BCUT2D eigenvalue weighted by Crippen LogP contribution is 2.31. The van der Waals surface area contributed by atoms with Gasteiger partial charge in [-0.05, 0) is 35.3 Å².